The predicted octanol–water partition coefficient (Wildman–Crippen LogP) is 6.16. The third-order valence-corrected chi connectivity index (χ3v) is 5.04. The van der Waals surface area contributed by atoms with Gasteiger partial charge < -0.3 is 14.2 Å². The van der Waals surface area contributed by atoms with Gasteiger partial charge in [-0.2, -0.15) is 4.98 Å². The van der Waals surface area contributed by atoms with Crippen LogP contribution in [-0.2, 0) is 0 Å². The summed E-state index contributed by atoms with van der Waals surface area (Å²) in [7, 11) is 0. The van der Waals surface area contributed by atoms with Gasteiger partial charge in [-0.25, -0.2) is 4.98 Å². The fraction of sp³-hybridized carbons (Fsp3) is 0. The van der Waals surface area contributed by atoms with Crippen LogP contribution < -0.4 is 5.32 Å². The maximum Gasteiger partial charge on any atom is 0.291 e. The summed E-state index contributed by atoms with van der Waals surface area (Å²) in [5, 5.41) is 2.83. The average Bonchev–Trinajstić information content (AvgIpc) is 3.42. The third-order valence-electron chi connectivity index (χ3n) is 4.51. The molecule has 0 atom stereocenters. The van der Waals surface area contributed by atoms with Crippen molar-refractivity contribution in [2.45, 2.75) is 0 Å². The zero-order valence-electron chi connectivity index (χ0n) is 15.5. The molecular formula is C23H14BrN3O3. The fourth-order valence-corrected chi connectivity index (χ4v) is 3.27. The minimum atomic E-state index is -0.322. The Balaban J connectivity index is 1.31. The second-order valence-corrected chi connectivity index (χ2v) is 7.46. The zero-order chi connectivity index (χ0) is 20.5. The molecule has 3 aromatic heterocycles. The summed E-state index contributed by atoms with van der Waals surface area (Å²) in [4.78, 5) is 21.1. The minimum Gasteiger partial charge on any atom is -0.451 e. The van der Waals surface area contributed by atoms with Crippen molar-refractivity contribution in [2.75, 3.05) is 5.32 Å². The maximum atomic E-state index is 12.5. The number of nitrogens with zero attached hydrogens (tertiary/aromatic N) is 2. The molecule has 2 aromatic carbocycles. The largest absolute Gasteiger partial charge is 0.451 e. The number of pyridine rings is 1. The fourth-order valence-electron chi connectivity index (χ4n) is 3.01. The molecule has 0 radical (unpaired) electrons. The Morgan fingerprint density at radius 1 is 0.867 bits per heavy atom. The molecule has 1 amide bonds. The second kappa shape index (κ2) is 7.61. The van der Waals surface area contributed by atoms with Crippen LogP contribution in [0.2, 0.25) is 0 Å². The molecular weight excluding hydrogens is 446 g/mol. The summed E-state index contributed by atoms with van der Waals surface area (Å²) >= 11 is 3.40. The molecule has 0 aliphatic heterocycles. The Kier molecular flexibility index (Phi) is 4.65. The maximum absolute atomic E-state index is 12.5. The van der Waals surface area contributed by atoms with Gasteiger partial charge in [0.2, 0.25) is 5.89 Å². The molecule has 0 fully saturated rings. The van der Waals surface area contributed by atoms with E-state index in [4.69, 9.17) is 8.83 Å². The number of aromatic nitrogens is 2. The van der Waals surface area contributed by atoms with Crippen LogP contribution in [0.3, 0.4) is 0 Å². The van der Waals surface area contributed by atoms with Gasteiger partial charge in [0, 0.05) is 27.5 Å². The summed E-state index contributed by atoms with van der Waals surface area (Å²) in [5.41, 5.74) is 3.52. The standard InChI is InChI=1S/C23H14BrN3O3/c24-16-7-3-14(4-8-16)18-11-12-20(29-18)22(28)26-17-9-5-15(6-10-17)23-27-21-19(30-23)2-1-13-25-21/h1-13H,(H,26,28). The van der Waals surface area contributed by atoms with E-state index >= 15 is 0 Å². The van der Waals surface area contributed by atoms with E-state index in [0.717, 1.165) is 15.6 Å². The molecule has 30 heavy (non-hydrogen) atoms. The lowest BCUT2D eigenvalue weighted by molar-refractivity contribution is 0.0997. The van der Waals surface area contributed by atoms with Crippen molar-refractivity contribution in [3.63, 3.8) is 0 Å². The molecule has 0 aliphatic carbocycles. The number of anilines is 1. The molecule has 0 bridgehead atoms. The van der Waals surface area contributed by atoms with Crippen LogP contribution in [0.15, 0.2) is 92.3 Å². The van der Waals surface area contributed by atoms with E-state index < -0.39 is 0 Å². The van der Waals surface area contributed by atoms with Gasteiger partial charge in [0.25, 0.3) is 5.91 Å². The van der Waals surface area contributed by atoms with Gasteiger partial charge in [0.05, 0.1) is 0 Å². The molecule has 3 heterocycles. The molecule has 0 unspecified atom stereocenters. The van der Waals surface area contributed by atoms with Crippen molar-refractivity contribution in [1.29, 1.82) is 0 Å². The van der Waals surface area contributed by atoms with Crippen molar-refractivity contribution in [3.8, 4) is 22.8 Å². The SMILES string of the molecule is O=C(Nc1ccc(-c2nc3ncccc3o2)cc1)c1ccc(-c2ccc(Br)cc2)o1. The quantitative estimate of drug-likeness (QED) is 0.347. The summed E-state index contributed by atoms with van der Waals surface area (Å²) < 4.78 is 12.4. The predicted molar refractivity (Wildman–Crippen MR) is 117 cm³/mol. The molecule has 5 rings (SSSR count). The van der Waals surface area contributed by atoms with E-state index in [1.165, 1.54) is 0 Å². The normalized spacial score (nSPS) is 11.0. The molecule has 1 N–H and O–H groups in total. The first kappa shape index (κ1) is 18.3. The number of amides is 1. The molecule has 0 saturated heterocycles. The van der Waals surface area contributed by atoms with E-state index in [9.17, 15) is 4.79 Å². The topological polar surface area (TPSA) is 81.2 Å². The van der Waals surface area contributed by atoms with Crippen LogP contribution in [0.5, 0.6) is 0 Å². The highest BCUT2D eigenvalue weighted by Crippen LogP contribution is 2.26. The highest BCUT2D eigenvalue weighted by Gasteiger charge is 2.13. The number of nitrogens with one attached hydrogen (secondary N) is 1. The second-order valence-electron chi connectivity index (χ2n) is 6.55. The van der Waals surface area contributed by atoms with Crippen LogP contribution in [0.1, 0.15) is 10.6 Å². The summed E-state index contributed by atoms with van der Waals surface area (Å²) in [6.07, 6.45) is 1.67. The van der Waals surface area contributed by atoms with Crippen LogP contribution in [0.25, 0.3) is 34.0 Å². The number of oxazole rings is 1. The van der Waals surface area contributed by atoms with E-state index in [1.807, 2.05) is 42.5 Å². The van der Waals surface area contributed by atoms with Crippen LogP contribution in [0.4, 0.5) is 5.69 Å². The van der Waals surface area contributed by atoms with Gasteiger partial charge in [-0.15, -0.1) is 0 Å². The zero-order valence-corrected chi connectivity index (χ0v) is 17.1. The number of rotatable bonds is 4. The lowest BCUT2D eigenvalue weighted by Crippen LogP contribution is -2.10. The number of carbonyl (C=O) groups is 1. The Labute approximate surface area is 179 Å². The smallest absolute Gasteiger partial charge is 0.291 e. The molecule has 5 aromatic rings. The molecule has 7 heteroatoms. The van der Waals surface area contributed by atoms with Gasteiger partial charge >= 0.3 is 0 Å². The molecule has 0 aliphatic rings. The first-order valence-corrected chi connectivity index (χ1v) is 9.94. The number of halogens is 1. The van der Waals surface area contributed by atoms with E-state index in [-0.39, 0.29) is 11.7 Å². The first-order valence-electron chi connectivity index (χ1n) is 9.15. The summed E-state index contributed by atoms with van der Waals surface area (Å²) in [6, 6.07) is 22.0. The van der Waals surface area contributed by atoms with E-state index in [2.05, 4.69) is 31.2 Å². The number of carbonyl (C=O) groups excluding carboxylic acids is 1. The minimum absolute atomic E-state index is 0.238. The highest BCUT2D eigenvalue weighted by molar-refractivity contribution is 9.10. The summed E-state index contributed by atoms with van der Waals surface area (Å²) in [6.45, 7) is 0. The van der Waals surface area contributed by atoms with Crippen molar-refractivity contribution >= 4 is 38.8 Å². The van der Waals surface area contributed by atoms with E-state index in [1.54, 1.807) is 36.5 Å². The highest BCUT2D eigenvalue weighted by atomic mass is 79.9. The van der Waals surface area contributed by atoms with Gasteiger partial charge in [-0.3, -0.25) is 4.79 Å². The number of benzene rings is 2. The van der Waals surface area contributed by atoms with Crippen LogP contribution in [0, 0.1) is 0 Å². The lowest BCUT2D eigenvalue weighted by Gasteiger charge is -2.04. The Bertz CT molecular complexity index is 1310. The van der Waals surface area contributed by atoms with Gasteiger partial charge in [-0.05, 0) is 60.7 Å². The summed E-state index contributed by atoms with van der Waals surface area (Å²) in [5.74, 6) is 1.03. The van der Waals surface area contributed by atoms with Crippen molar-refractivity contribution in [1.82, 2.24) is 9.97 Å². The van der Waals surface area contributed by atoms with Crippen molar-refractivity contribution < 1.29 is 13.6 Å². The van der Waals surface area contributed by atoms with Crippen molar-refractivity contribution in [2.24, 2.45) is 0 Å². The average molecular weight is 460 g/mol. The molecule has 146 valence electrons. The Hall–Kier alpha value is -3.71. The number of hydrogen-bond acceptors (Lipinski definition) is 5. The number of hydrogen-bond donors (Lipinski definition) is 1. The third kappa shape index (κ3) is 3.62. The molecule has 0 spiro atoms. The van der Waals surface area contributed by atoms with Gasteiger partial charge in [0.1, 0.15) is 5.76 Å². The monoisotopic (exact) mass is 459 g/mol. The Morgan fingerprint density at radius 2 is 1.63 bits per heavy atom. The van der Waals surface area contributed by atoms with Crippen LogP contribution in [-0.4, -0.2) is 15.9 Å². The van der Waals surface area contributed by atoms with Crippen LogP contribution >= 0.6 is 15.9 Å². The van der Waals surface area contributed by atoms with Crippen molar-refractivity contribution in [3.05, 3.63) is 89.2 Å². The molecule has 0 saturated carbocycles. The van der Waals surface area contributed by atoms with Gasteiger partial charge in [-0.1, -0.05) is 28.1 Å². The Morgan fingerprint density at radius 3 is 2.40 bits per heavy atom. The first-order chi connectivity index (χ1) is 14.7. The van der Waals surface area contributed by atoms with E-state index in [0.29, 0.717) is 28.6 Å². The number of furan rings is 1. The molecule has 6 nitrogen and oxygen atoms in total. The lowest BCUT2D eigenvalue weighted by atomic mass is 10.2. The van der Waals surface area contributed by atoms with Gasteiger partial charge in [0.15, 0.2) is 17.0 Å². The number of fused-ring (bicyclic) bond motifs is 1.